The van der Waals surface area contributed by atoms with E-state index >= 15 is 0 Å². The van der Waals surface area contributed by atoms with Crippen LogP contribution in [0.5, 0.6) is 0 Å². The maximum Gasteiger partial charge on any atom is 0.419 e. The van der Waals surface area contributed by atoms with E-state index in [2.05, 4.69) is 10.6 Å². The number of nitrogens with one attached hydrogen (secondary N) is 2. The van der Waals surface area contributed by atoms with E-state index in [1.165, 1.54) is 9.47 Å². The summed E-state index contributed by atoms with van der Waals surface area (Å²) in [6.45, 7) is 1.04. The minimum Gasteiger partial charge on any atom is -0.408 e. The molecule has 0 spiro atoms. The Kier molecular flexibility index (Phi) is 5.85. The predicted molar refractivity (Wildman–Crippen MR) is 92.4 cm³/mol. The number of nitrogens with zero attached hydrogens (tertiary/aromatic N) is 2. The summed E-state index contributed by atoms with van der Waals surface area (Å²) in [7, 11) is 0. The van der Waals surface area contributed by atoms with Crippen LogP contribution in [0.4, 0.5) is 13.2 Å². The summed E-state index contributed by atoms with van der Waals surface area (Å²) in [5.41, 5.74) is 0.947. The number of aryl methyl sites for hydroxylation is 1. The maximum absolute atomic E-state index is 13.3. The van der Waals surface area contributed by atoms with Gasteiger partial charge in [0.1, 0.15) is 6.04 Å². The Bertz CT molecular complexity index is 840. The van der Waals surface area contributed by atoms with E-state index in [-0.39, 0.29) is 26.1 Å². The summed E-state index contributed by atoms with van der Waals surface area (Å²) in [4.78, 5) is 25.2. The van der Waals surface area contributed by atoms with E-state index in [0.717, 1.165) is 0 Å². The number of hydrogen-bond donors (Lipinski definition) is 2. The van der Waals surface area contributed by atoms with E-state index in [9.17, 15) is 22.8 Å². The van der Waals surface area contributed by atoms with E-state index in [0.29, 0.717) is 24.2 Å². The van der Waals surface area contributed by atoms with Crippen molar-refractivity contribution in [2.24, 2.45) is 0 Å². The smallest absolute Gasteiger partial charge is 0.408 e. The van der Waals surface area contributed by atoms with Crippen molar-refractivity contribution in [2.45, 2.75) is 25.2 Å². The van der Waals surface area contributed by atoms with Gasteiger partial charge in [0.2, 0.25) is 5.91 Å². The molecule has 0 radical (unpaired) electrons. The zero-order chi connectivity index (χ0) is 19.4. The molecule has 1 aliphatic heterocycles. The summed E-state index contributed by atoms with van der Waals surface area (Å²) in [5.74, 6) is -1.14. The largest absolute Gasteiger partial charge is 0.419 e. The number of benzene rings is 1. The number of carbonyl (C=O) groups is 1. The highest BCUT2D eigenvalue weighted by Crippen LogP contribution is 2.24. The van der Waals surface area contributed by atoms with Gasteiger partial charge in [-0.1, -0.05) is 12.1 Å². The molecule has 2 N–H and O–H groups in total. The van der Waals surface area contributed by atoms with Crippen molar-refractivity contribution < 1.29 is 22.4 Å². The van der Waals surface area contributed by atoms with E-state index in [4.69, 9.17) is 4.42 Å². The number of piperazine rings is 1. The summed E-state index contributed by atoms with van der Waals surface area (Å²) in [6, 6.07) is 5.04. The maximum atomic E-state index is 13.3. The van der Waals surface area contributed by atoms with Crippen LogP contribution in [0, 0.1) is 0 Å². The van der Waals surface area contributed by atoms with E-state index in [1.807, 2.05) is 0 Å². The molecular formula is C17H21F3N4O3. The molecule has 0 aliphatic carbocycles. The third-order valence-corrected chi connectivity index (χ3v) is 4.60. The molecule has 1 amide bonds. The number of amides is 1. The van der Waals surface area contributed by atoms with Gasteiger partial charge in [0, 0.05) is 45.7 Å². The van der Waals surface area contributed by atoms with Gasteiger partial charge in [-0.15, -0.1) is 0 Å². The number of para-hydroxylation sites is 2. The topological polar surface area (TPSA) is 79.5 Å². The highest BCUT2D eigenvalue weighted by Gasteiger charge is 2.43. The first-order valence-corrected chi connectivity index (χ1v) is 8.73. The first kappa shape index (κ1) is 19.4. The number of hydrogen-bond acceptors (Lipinski definition) is 5. The van der Waals surface area contributed by atoms with Crippen LogP contribution in [0.2, 0.25) is 0 Å². The van der Waals surface area contributed by atoms with Gasteiger partial charge in [-0.05, 0) is 12.1 Å². The third kappa shape index (κ3) is 4.69. The van der Waals surface area contributed by atoms with Gasteiger partial charge in [-0.2, -0.15) is 13.2 Å². The average molecular weight is 386 g/mol. The minimum absolute atomic E-state index is 0.0337. The van der Waals surface area contributed by atoms with Crippen molar-refractivity contribution in [2.75, 3.05) is 32.7 Å². The lowest BCUT2D eigenvalue weighted by atomic mass is 10.2. The Morgan fingerprint density at radius 3 is 2.67 bits per heavy atom. The van der Waals surface area contributed by atoms with Crippen molar-refractivity contribution in [1.82, 2.24) is 20.1 Å². The van der Waals surface area contributed by atoms with Gasteiger partial charge in [0.05, 0.1) is 5.52 Å². The SMILES string of the molecule is O=C(CCn1c(=O)oc2ccccc21)NCC(N1CCNCC1)C(F)(F)F. The van der Waals surface area contributed by atoms with Crippen molar-refractivity contribution in [3.8, 4) is 0 Å². The van der Waals surface area contributed by atoms with Crippen LogP contribution in [-0.2, 0) is 11.3 Å². The second-order valence-corrected chi connectivity index (χ2v) is 6.38. The quantitative estimate of drug-likeness (QED) is 0.773. The molecule has 1 fully saturated rings. The van der Waals surface area contributed by atoms with Crippen LogP contribution in [0.1, 0.15) is 6.42 Å². The van der Waals surface area contributed by atoms with Crippen LogP contribution < -0.4 is 16.4 Å². The van der Waals surface area contributed by atoms with Crippen LogP contribution in [0.3, 0.4) is 0 Å². The molecule has 7 nitrogen and oxygen atoms in total. The van der Waals surface area contributed by atoms with Crippen LogP contribution in [0.15, 0.2) is 33.5 Å². The number of carbonyl (C=O) groups excluding carboxylic acids is 1. The first-order valence-electron chi connectivity index (χ1n) is 8.73. The number of rotatable bonds is 6. The lowest BCUT2D eigenvalue weighted by Crippen LogP contribution is -2.57. The first-order chi connectivity index (χ1) is 12.9. The number of alkyl halides is 3. The Hall–Kier alpha value is -2.33. The van der Waals surface area contributed by atoms with E-state index < -0.39 is 30.4 Å². The number of halogens is 3. The molecule has 10 heteroatoms. The van der Waals surface area contributed by atoms with Gasteiger partial charge in [-0.25, -0.2) is 4.79 Å². The van der Waals surface area contributed by atoms with Crippen molar-refractivity contribution in [3.63, 3.8) is 0 Å². The van der Waals surface area contributed by atoms with Crippen molar-refractivity contribution in [1.29, 1.82) is 0 Å². The molecule has 2 aromatic rings. The summed E-state index contributed by atoms with van der Waals surface area (Å²) < 4.78 is 46.3. The highest BCUT2D eigenvalue weighted by atomic mass is 19.4. The molecule has 1 aliphatic rings. The van der Waals surface area contributed by atoms with Gasteiger partial charge >= 0.3 is 11.9 Å². The Labute approximate surface area is 153 Å². The number of oxazole rings is 1. The second kappa shape index (κ2) is 8.13. The summed E-state index contributed by atoms with van der Waals surface area (Å²) in [5, 5.41) is 5.35. The fourth-order valence-corrected chi connectivity index (χ4v) is 3.18. The predicted octanol–water partition coefficient (Wildman–Crippen LogP) is 0.937. The van der Waals surface area contributed by atoms with Gasteiger partial charge in [0.15, 0.2) is 5.58 Å². The minimum atomic E-state index is -4.43. The second-order valence-electron chi connectivity index (χ2n) is 6.38. The summed E-state index contributed by atoms with van der Waals surface area (Å²) in [6.07, 6.45) is -4.54. The van der Waals surface area contributed by atoms with Crippen LogP contribution in [-0.4, -0.2) is 60.3 Å². The molecule has 1 aromatic carbocycles. The zero-order valence-electron chi connectivity index (χ0n) is 14.6. The molecule has 0 saturated carbocycles. The molecule has 1 unspecified atom stereocenters. The van der Waals surface area contributed by atoms with Gasteiger partial charge < -0.3 is 15.1 Å². The summed E-state index contributed by atoms with van der Waals surface area (Å²) >= 11 is 0. The van der Waals surface area contributed by atoms with Gasteiger partial charge in [0.25, 0.3) is 0 Å². The molecule has 1 saturated heterocycles. The zero-order valence-corrected chi connectivity index (χ0v) is 14.6. The third-order valence-electron chi connectivity index (χ3n) is 4.60. The lowest BCUT2D eigenvalue weighted by molar-refractivity contribution is -0.184. The van der Waals surface area contributed by atoms with Crippen molar-refractivity contribution >= 4 is 17.0 Å². The lowest BCUT2D eigenvalue weighted by Gasteiger charge is -2.35. The Morgan fingerprint density at radius 1 is 1.26 bits per heavy atom. The van der Waals surface area contributed by atoms with Gasteiger partial charge in [-0.3, -0.25) is 14.3 Å². The molecule has 1 aromatic heterocycles. The normalized spacial score (nSPS) is 17.1. The fourth-order valence-electron chi connectivity index (χ4n) is 3.18. The molecular weight excluding hydrogens is 365 g/mol. The van der Waals surface area contributed by atoms with Crippen LogP contribution >= 0.6 is 0 Å². The molecule has 2 heterocycles. The molecule has 148 valence electrons. The monoisotopic (exact) mass is 386 g/mol. The number of aromatic nitrogens is 1. The standard InChI is InChI=1S/C17H21F3N4O3/c18-17(19,20)14(23-9-6-21-7-10-23)11-22-15(25)5-8-24-12-3-1-2-4-13(12)27-16(24)26/h1-4,14,21H,5-11H2,(H,22,25). The fraction of sp³-hybridized carbons (Fsp3) is 0.529. The molecule has 1 atom stereocenters. The molecule has 3 rings (SSSR count). The molecule has 27 heavy (non-hydrogen) atoms. The Morgan fingerprint density at radius 2 is 1.96 bits per heavy atom. The average Bonchev–Trinajstić information content (AvgIpc) is 2.95. The molecule has 0 bridgehead atoms. The van der Waals surface area contributed by atoms with Crippen LogP contribution in [0.25, 0.3) is 11.1 Å². The number of fused-ring (bicyclic) bond motifs is 1. The Balaban J connectivity index is 1.58. The van der Waals surface area contributed by atoms with Crippen molar-refractivity contribution in [3.05, 3.63) is 34.8 Å². The highest BCUT2D eigenvalue weighted by molar-refractivity contribution is 5.76. The van der Waals surface area contributed by atoms with E-state index in [1.54, 1.807) is 24.3 Å².